The highest BCUT2D eigenvalue weighted by Crippen LogP contribution is 2.20. The van der Waals surface area contributed by atoms with E-state index in [-0.39, 0.29) is 6.10 Å². The van der Waals surface area contributed by atoms with Crippen LogP contribution in [0.4, 0.5) is 0 Å². The number of nitrogens with one attached hydrogen (secondary N) is 1. The van der Waals surface area contributed by atoms with Gasteiger partial charge in [-0.25, -0.2) is 0 Å². The molecule has 1 saturated carbocycles. The molecule has 2 atom stereocenters. The van der Waals surface area contributed by atoms with Gasteiger partial charge in [-0.2, -0.15) is 11.8 Å². The first-order chi connectivity index (χ1) is 8.22. The monoisotopic (exact) mass is 261 g/mol. The Balaban J connectivity index is 1.97. The summed E-state index contributed by atoms with van der Waals surface area (Å²) in [4.78, 5) is 0. The summed E-state index contributed by atoms with van der Waals surface area (Å²) < 4.78 is 5.68. The van der Waals surface area contributed by atoms with Gasteiger partial charge in [0.1, 0.15) is 0 Å². The highest BCUT2D eigenvalue weighted by atomic mass is 32.2. The molecule has 0 amide bonds. The molecule has 0 spiro atoms. The topological polar surface area (TPSA) is 41.5 Å². The zero-order valence-electron chi connectivity index (χ0n) is 11.2. The minimum Gasteiger partial charge on any atom is -0.389 e. The maximum Gasteiger partial charge on any atom is 0.0897 e. The van der Waals surface area contributed by atoms with Gasteiger partial charge in [0.2, 0.25) is 0 Å². The lowest BCUT2D eigenvalue weighted by Gasteiger charge is -2.18. The molecule has 0 heterocycles. The summed E-state index contributed by atoms with van der Waals surface area (Å²) in [5, 5.41) is 13.1. The molecule has 17 heavy (non-hydrogen) atoms. The van der Waals surface area contributed by atoms with Gasteiger partial charge in [-0.1, -0.05) is 19.8 Å². The van der Waals surface area contributed by atoms with Gasteiger partial charge in [-0.3, -0.25) is 0 Å². The van der Waals surface area contributed by atoms with Gasteiger partial charge in [0.05, 0.1) is 18.8 Å². The molecule has 2 N–H and O–H groups in total. The van der Waals surface area contributed by atoms with E-state index in [1.165, 1.54) is 25.7 Å². The standard InChI is InChI=1S/C13H27NO2S/c1-3-17-10-11(2)14-8-12(15)9-16-13-6-4-5-7-13/h11-15H,3-10H2,1-2H3. The van der Waals surface area contributed by atoms with Gasteiger partial charge in [0.25, 0.3) is 0 Å². The van der Waals surface area contributed by atoms with Crippen molar-refractivity contribution < 1.29 is 9.84 Å². The lowest BCUT2D eigenvalue weighted by molar-refractivity contribution is -0.00589. The van der Waals surface area contributed by atoms with E-state index < -0.39 is 0 Å². The summed E-state index contributed by atoms with van der Waals surface area (Å²) in [6.07, 6.45) is 4.93. The van der Waals surface area contributed by atoms with Gasteiger partial charge < -0.3 is 15.2 Å². The van der Waals surface area contributed by atoms with Gasteiger partial charge in [-0.05, 0) is 25.5 Å². The largest absolute Gasteiger partial charge is 0.389 e. The summed E-state index contributed by atoms with van der Waals surface area (Å²) in [5.74, 6) is 2.26. The van der Waals surface area contributed by atoms with E-state index in [1.54, 1.807) is 0 Å². The number of aliphatic hydroxyl groups is 1. The quantitative estimate of drug-likeness (QED) is 0.666. The smallest absolute Gasteiger partial charge is 0.0897 e. The molecule has 2 unspecified atom stereocenters. The molecule has 0 saturated heterocycles. The summed E-state index contributed by atoms with van der Waals surface area (Å²) in [6, 6.07) is 0.459. The first-order valence-corrected chi connectivity index (χ1v) is 7.98. The third-order valence-corrected chi connectivity index (χ3v) is 4.24. The molecule has 0 aromatic heterocycles. The Kier molecular flexibility index (Phi) is 8.27. The predicted molar refractivity (Wildman–Crippen MR) is 74.7 cm³/mol. The number of thioether (sulfide) groups is 1. The van der Waals surface area contributed by atoms with Crippen LogP contribution in [0.25, 0.3) is 0 Å². The molecule has 0 radical (unpaired) electrons. The van der Waals surface area contributed by atoms with E-state index in [4.69, 9.17) is 4.74 Å². The molecule has 4 heteroatoms. The summed E-state index contributed by atoms with van der Waals surface area (Å²) in [6.45, 7) is 5.44. The molecular weight excluding hydrogens is 234 g/mol. The summed E-state index contributed by atoms with van der Waals surface area (Å²) >= 11 is 1.93. The van der Waals surface area contributed by atoms with Crippen LogP contribution in [0.1, 0.15) is 39.5 Å². The van der Waals surface area contributed by atoms with Gasteiger partial charge in [0, 0.05) is 18.3 Å². The fraction of sp³-hybridized carbons (Fsp3) is 1.00. The van der Waals surface area contributed by atoms with Crippen molar-refractivity contribution >= 4 is 11.8 Å². The molecule has 3 nitrogen and oxygen atoms in total. The Morgan fingerprint density at radius 3 is 2.76 bits per heavy atom. The molecule has 102 valence electrons. The van der Waals surface area contributed by atoms with E-state index in [1.807, 2.05) is 11.8 Å². The highest BCUT2D eigenvalue weighted by molar-refractivity contribution is 7.99. The molecule has 0 aromatic carbocycles. The Labute approximate surface area is 110 Å². The zero-order valence-corrected chi connectivity index (χ0v) is 12.0. The van der Waals surface area contributed by atoms with Crippen molar-refractivity contribution in [3.8, 4) is 0 Å². The maximum absolute atomic E-state index is 9.79. The van der Waals surface area contributed by atoms with E-state index in [0.717, 1.165) is 11.5 Å². The van der Waals surface area contributed by atoms with Crippen molar-refractivity contribution in [2.24, 2.45) is 0 Å². The van der Waals surface area contributed by atoms with Crippen molar-refractivity contribution in [3.63, 3.8) is 0 Å². The Morgan fingerprint density at radius 2 is 2.12 bits per heavy atom. The third kappa shape index (κ3) is 7.29. The van der Waals surface area contributed by atoms with Crippen LogP contribution in [0.15, 0.2) is 0 Å². The molecule has 0 aliphatic heterocycles. The van der Waals surface area contributed by atoms with Crippen LogP contribution in [0.2, 0.25) is 0 Å². The molecule has 0 aromatic rings. The van der Waals surface area contributed by atoms with E-state index in [9.17, 15) is 5.11 Å². The van der Waals surface area contributed by atoms with E-state index >= 15 is 0 Å². The molecule has 1 aliphatic rings. The fourth-order valence-electron chi connectivity index (χ4n) is 2.05. The minimum absolute atomic E-state index is 0.371. The van der Waals surface area contributed by atoms with Crippen LogP contribution < -0.4 is 5.32 Å². The van der Waals surface area contributed by atoms with Gasteiger partial charge in [-0.15, -0.1) is 0 Å². The second-order valence-corrected chi connectivity index (χ2v) is 6.18. The van der Waals surface area contributed by atoms with Crippen molar-refractivity contribution in [3.05, 3.63) is 0 Å². The zero-order chi connectivity index (χ0) is 12.5. The summed E-state index contributed by atoms with van der Waals surface area (Å²) in [7, 11) is 0. The highest BCUT2D eigenvalue weighted by Gasteiger charge is 2.17. The Hall–Kier alpha value is 0.230. The van der Waals surface area contributed by atoms with Crippen LogP contribution in [0, 0.1) is 0 Å². The molecule has 0 bridgehead atoms. The predicted octanol–water partition coefficient (Wildman–Crippen LogP) is 2.04. The normalized spacial score (nSPS) is 20.6. The number of aliphatic hydroxyl groups excluding tert-OH is 1. The molecule has 1 rings (SSSR count). The second kappa shape index (κ2) is 9.20. The van der Waals surface area contributed by atoms with E-state index in [2.05, 4.69) is 19.2 Å². The minimum atomic E-state index is -0.371. The fourth-order valence-corrected chi connectivity index (χ4v) is 2.76. The second-order valence-electron chi connectivity index (χ2n) is 4.86. The number of ether oxygens (including phenoxy) is 1. The number of rotatable bonds is 9. The Morgan fingerprint density at radius 1 is 1.41 bits per heavy atom. The van der Waals surface area contributed by atoms with Gasteiger partial charge >= 0.3 is 0 Å². The van der Waals surface area contributed by atoms with E-state index in [0.29, 0.717) is 25.3 Å². The first kappa shape index (κ1) is 15.3. The third-order valence-electron chi connectivity index (χ3n) is 3.10. The van der Waals surface area contributed by atoms with Crippen LogP contribution in [0.5, 0.6) is 0 Å². The number of hydrogen-bond acceptors (Lipinski definition) is 4. The van der Waals surface area contributed by atoms with Crippen LogP contribution in [-0.4, -0.2) is 48.0 Å². The molecule has 1 aliphatic carbocycles. The first-order valence-electron chi connectivity index (χ1n) is 6.83. The molecule has 1 fully saturated rings. The average molecular weight is 261 g/mol. The lowest BCUT2D eigenvalue weighted by atomic mass is 10.3. The maximum atomic E-state index is 9.79. The molecular formula is C13H27NO2S. The van der Waals surface area contributed by atoms with Crippen molar-refractivity contribution in [2.45, 2.75) is 57.8 Å². The number of hydrogen-bond donors (Lipinski definition) is 2. The van der Waals surface area contributed by atoms with Crippen LogP contribution >= 0.6 is 11.8 Å². The average Bonchev–Trinajstić information content (AvgIpc) is 2.84. The summed E-state index contributed by atoms with van der Waals surface area (Å²) in [5.41, 5.74) is 0. The van der Waals surface area contributed by atoms with Crippen molar-refractivity contribution in [1.82, 2.24) is 5.32 Å². The SMILES string of the molecule is CCSCC(C)NCC(O)COC1CCCC1. The van der Waals surface area contributed by atoms with Crippen molar-refractivity contribution in [2.75, 3.05) is 24.7 Å². The lowest BCUT2D eigenvalue weighted by Crippen LogP contribution is -2.37. The van der Waals surface area contributed by atoms with Crippen LogP contribution in [0.3, 0.4) is 0 Å². The van der Waals surface area contributed by atoms with Crippen molar-refractivity contribution in [1.29, 1.82) is 0 Å². The van der Waals surface area contributed by atoms with Gasteiger partial charge in [0.15, 0.2) is 0 Å². The van der Waals surface area contributed by atoms with Crippen LogP contribution in [-0.2, 0) is 4.74 Å². The Bertz CT molecular complexity index is 186.